The van der Waals surface area contributed by atoms with Crippen molar-refractivity contribution in [3.63, 3.8) is 0 Å². The van der Waals surface area contributed by atoms with E-state index in [2.05, 4.69) is 36.1 Å². The number of aryl methyl sites for hydroxylation is 1. The van der Waals surface area contributed by atoms with Gasteiger partial charge in [-0.15, -0.1) is 0 Å². The molecule has 144 valence electrons. The van der Waals surface area contributed by atoms with E-state index < -0.39 is 0 Å². The fraction of sp³-hybridized carbons (Fsp3) is 0.250. The number of halogens is 1. The highest BCUT2D eigenvalue weighted by Crippen LogP contribution is 2.25. The number of morpholine rings is 1. The molecule has 2 aromatic heterocycles. The first kappa shape index (κ1) is 18.6. The Labute approximate surface area is 169 Å². The molecule has 4 rings (SSSR count). The van der Waals surface area contributed by atoms with Gasteiger partial charge in [-0.25, -0.2) is 4.98 Å². The van der Waals surface area contributed by atoms with E-state index in [1.165, 1.54) is 0 Å². The van der Waals surface area contributed by atoms with Crippen molar-refractivity contribution >= 4 is 44.2 Å². The summed E-state index contributed by atoms with van der Waals surface area (Å²) in [4.78, 5) is 34.0. The number of fused-ring (bicyclic) bond motifs is 1. The molecule has 1 aliphatic heterocycles. The molecule has 3 heterocycles. The molecule has 1 aromatic carbocycles. The lowest BCUT2D eigenvalue weighted by atomic mass is 10.1. The maximum Gasteiger partial charge on any atom is 0.259 e. The van der Waals surface area contributed by atoms with Crippen molar-refractivity contribution in [3.8, 4) is 0 Å². The van der Waals surface area contributed by atoms with Crippen molar-refractivity contribution in [2.24, 2.45) is 0 Å². The fourth-order valence-electron chi connectivity index (χ4n) is 3.33. The topological polar surface area (TPSA) is 87.3 Å². The van der Waals surface area contributed by atoms with E-state index in [0.717, 1.165) is 20.9 Å². The summed E-state index contributed by atoms with van der Waals surface area (Å²) in [5.41, 5.74) is 2.60. The molecular weight excluding hydrogens is 424 g/mol. The number of hydrogen-bond donors (Lipinski definition) is 2. The van der Waals surface area contributed by atoms with Gasteiger partial charge in [-0.3, -0.25) is 9.59 Å². The summed E-state index contributed by atoms with van der Waals surface area (Å²) < 4.78 is 6.13. The molecule has 1 saturated heterocycles. The Bertz CT molecular complexity index is 1110. The van der Waals surface area contributed by atoms with Gasteiger partial charge in [0.1, 0.15) is 5.82 Å². The second-order valence-corrected chi connectivity index (χ2v) is 7.57. The molecule has 2 N–H and O–H groups in total. The lowest BCUT2D eigenvalue weighted by Crippen LogP contribution is -2.38. The van der Waals surface area contributed by atoms with Crippen molar-refractivity contribution in [2.45, 2.75) is 6.92 Å². The minimum Gasteiger partial charge on any atom is -0.378 e. The number of carbonyl (C=O) groups is 1. The van der Waals surface area contributed by atoms with Crippen LogP contribution in [0, 0.1) is 6.92 Å². The summed E-state index contributed by atoms with van der Waals surface area (Å²) in [5.74, 6) is 0.405. The van der Waals surface area contributed by atoms with Crippen LogP contribution in [0.3, 0.4) is 0 Å². The summed E-state index contributed by atoms with van der Waals surface area (Å²) in [6.07, 6.45) is 1.69. The zero-order valence-electron chi connectivity index (χ0n) is 15.3. The van der Waals surface area contributed by atoms with Gasteiger partial charge in [-0.2, -0.15) is 0 Å². The van der Waals surface area contributed by atoms with Gasteiger partial charge < -0.3 is 19.9 Å². The first-order chi connectivity index (χ1) is 13.5. The summed E-state index contributed by atoms with van der Waals surface area (Å²) in [6, 6.07) is 8.74. The summed E-state index contributed by atoms with van der Waals surface area (Å²) >= 11 is 3.40. The van der Waals surface area contributed by atoms with Crippen LogP contribution in [0.25, 0.3) is 10.9 Å². The standard InChI is InChI=1S/C20H19BrN4O3/c1-12-8-18(26)24-17-3-2-14(10-15(12)17)23-20(27)16-9-13(21)11-22-19(16)25-4-6-28-7-5-25/h2-3,8-11H,4-7H2,1H3,(H,23,27)(H,24,26). The monoisotopic (exact) mass is 442 g/mol. The van der Waals surface area contributed by atoms with Crippen LogP contribution in [-0.4, -0.2) is 42.2 Å². The average molecular weight is 443 g/mol. The highest BCUT2D eigenvalue weighted by atomic mass is 79.9. The number of aromatic nitrogens is 2. The van der Waals surface area contributed by atoms with E-state index >= 15 is 0 Å². The second-order valence-electron chi connectivity index (χ2n) is 6.66. The number of rotatable bonds is 3. The number of anilines is 2. The van der Waals surface area contributed by atoms with E-state index in [1.54, 1.807) is 30.5 Å². The third-order valence-corrected chi connectivity index (χ3v) is 5.13. The number of benzene rings is 1. The minimum atomic E-state index is -0.239. The quantitative estimate of drug-likeness (QED) is 0.650. The summed E-state index contributed by atoms with van der Waals surface area (Å²) in [6.45, 7) is 4.48. The average Bonchev–Trinajstić information content (AvgIpc) is 2.69. The summed E-state index contributed by atoms with van der Waals surface area (Å²) in [5, 5.41) is 3.84. The molecule has 7 nitrogen and oxygen atoms in total. The van der Waals surface area contributed by atoms with Gasteiger partial charge in [0.15, 0.2) is 0 Å². The highest BCUT2D eigenvalue weighted by Gasteiger charge is 2.21. The largest absolute Gasteiger partial charge is 0.378 e. The number of carbonyl (C=O) groups excluding carboxylic acids is 1. The van der Waals surface area contributed by atoms with Gasteiger partial charge in [-0.05, 0) is 52.7 Å². The minimum absolute atomic E-state index is 0.142. The van der Waals surface area contributed by atoms with Crippen LogP contribution in [0.1, 0.15) is 15.9 Å². The molecular formula is C20H19BrN4O3. The van der Waals surface area contributed by atoms with Crippen LogP contribution in [0.2, 0.25) is 0 Å². The maximum absolute atomic E-state index is 13.0. The Morgan fingerprint density at radius 1 is 1.25 bits per heavy atom. The van der Waals surface area contributed by atoms with Crippen molar-refractivity contribution < 1.29 is 9.53 Å². The van der Waals surface area contributed by atoms with Gasteiger partial charge in [0.25, 0.3) is 5.91 Å². The van der Waals surface area contributed by atoms with Gasteiger partial charge in [-0.1, -0.05) is 0 Å². The Morgan fingerprint density at radius 2 is 2.04 bits per heavy atom. The smallest absolute Gasteiger partial charge is 0.259 e. The number of nitrogens with zero attached hydrogens (tertiary/aromatic N) is 2. The third kappa shape index (κ3) is 3.79. The molecule has 0 aliphatic carbocycles. The van der Waals surface area contributed by atoms with E-state index in [9.17, 15) is 9.59 Å². The van der Waals surface area contributed by atoms with Crippen LogP contribution in [-0.2, 0) is 4.74 Å². The predicted octanol–water partition coefficient (Wildman–Crippen LogP) is 3.08. The SMILES string of the molecule is Cc1cc(=O)[nH]c2ccc(NC(=O)c3cc(Br)cnc3N3CCOCC3)cc12. The van der Waals surface area contributed by atoms with Crippen LogP contribution >= 0.6 is 15.9 Å². The normalized spacial score (nSPS) is 14.3. The number of nitrogens with one attached hydrogen (secondary N) is 2. The third-order valence-electron chi connectivity index (χ3n) is 4.70. The first-order valence-corrected chi connectivity index (χ1v) is 9.74. The molecule has 0 bridgehead atoms. The van der Waals surface area contributed by atoms with Crippen LogP contribution in [0.15, 0.2) is 45.8 Å². The number of H-pyrrole nitrogens is 1. The van der Waals surface area contributed by atoms with E-state index in [1.807, 2.05) is 13.0 Å². The van der Waals surface area contributed by atoms with E-state index in [4.69, 9.17) is 4.74 Å². The Kier molecular flexibility index (Phi) is 5.15. The molecule has 1 amide bonds. The van der Waals surface area contributed by atoms with E-state index in [-0.39, 0.29) is 11.5 Å². The molecule has 28 heavy (non-hydrogen) atoms. The molecule has 0 unspecified atom stereocenters. The molecule has 3 aromatic rings. The molecule has 1 aliphatic rings. The van der Waals surface area contributed by atoms with Gasteiger partial charge in [0.2, 0.25) is 5.56 Å². The first-order valence-electron chi connectivity index (χ1n) is 8.94. The molecule has 0 saturated carbocycles. The summed E-state index contributed by atoms with van der Waals surface area (Å²) in [7, 11) is 0. The van der Waals surface area contributed by atoms with Gasteiger partial charge in [0.05, 0.1) is 18.8 Å². The van der Waals surface area contributed by atoms with Crippen molar-refractivity contribution in [1.29, 1.82) is 0 Å². The number of hydrogen-bond acceptors (Lipinski definition) is 5. The maximum atomic E-state index is 13.0. The predicted molar refractivity (Wildman–Crippen MR) is 112 cm³/mol. The van der Waals surface area contributed by atoms with Crippen LogP contribution in [0.5, 0.6) is 0 Å². The second kappa shape index (κ2) is 7.73. The van der Waals surface area contributed by atoms with Gasteiger partial charge in [0, 0.05) is 46.4 Å². The molecule has 1 fully saturated rings. The van der Waals surface area contributed by atoms with E-state index in [0.29, 0.717) is 43.4 Å². The van der Waals surface area contributed by atoms with Crippen LogP contribution < -0.4 is 15.8 Å². The molecule has 8 heteroatoms. The van der Waals surface area contributed by atoms with Crippen LogP contribution in [0.4, 0.5) is 11.5 Å². The number of ether oxygens (including phenoxy) is 1. The highest BCUT2D eigenvalue weighted by molar-refractivity contribution is 9.10. The number of aromatic amines is 1. The zero-order chi connectivity index (χ0) is 19.7. The van der Waals surface area contributed by atoms with Gasteiger partial charge >= 0.3 is 0 Å². The molecule has 0 atom stereocenters. The molecule has 0 radical (unpaired) electrons. The Morgan fingerprint density at radius 3 is 2.82 bits per heavy atom. The lowest BCUT2D eigenvalue weighted by molar-refractivity contribution is 0.102. The Balaban J connectivity index is 1.66. The zero-order valence-corrected chi connectivity index (χ0v) is 16.9. The molecule has 0 spiro atoms. The lowest BCUT2D eigenvalue weighted by Gasteiger charge is -2.29. The van der Waals surface area contributed by atoms with Crippen molar-refractivity contribution in [1.82, 2.24) is 9.97 Å². The number of amides is 1. The fourth-order valence-corrected chi connectivity index (χ4v) is 3.66. The number of pyridine rings is 2. The van der Waals surface area contributed by atoms with Crippen molar-refractivity contribution in [3.05, 3.63) is 62.5 Å². The van der Waals surface area contributed by atoms with Crippen molar-refractivity contribution in [2.75, 3.05) is 36.5 Å². The Hall–Kier alpha value is -2.71.